The van der Waals surface area contributed by atoms with Gasteiger partial charge in [-0.3, -0.25) is 10.1 Å². The van der Waals surface area contributed by atoms with E-state index in [1.165, 1.54) is 29.5 Å². The second-order valence-corrected chi connectivity index (χ2v) is 6.77. The number of benzene rings is 1. The van der Waals surface area contributed by atoms with E-state index >= 15 is 0 Å². The van der Waals surface area contributed by atoms with Crippen LogP contribution in [0.5, 0.6) is 0 Å². The Kier molecular flexibility index (Phi) is 5.17. The number of rotatable bonds is 6. The van der Waals surface area contributed by atoms with E-state index in [4.69, 9.17) is 9.15 Å². The van der Waals surface area contributed by atoms with E-state index in [-0.39, 0.29) is 17.1 Å². The molecule has 9 nitrogen and oxygen atoms in total. The highest BCUT2D eigenvalue weighted by Crippen LogP contribution is 2.29. The van der Waals surface area contributed by atoms with Gasteiger partial charge in [-0.2, -0.15) is 0 Å². The van der Waals surface area contributed by atoms with Crippen LogP contribution < -0.4 is 4.90 Å². The van der Waals surface area contributed by atoms with Crippen molar-refractivity contribution in [1.29, 1.82) is 0 Å². The van der Waals surface area contributed by atoms with Gasteiger partial charge in [0.2, 0.25) is 0 Å². The van der Waals surface area contributed by atoms with Gasteiger partial charge >= 0.3 is 5.97 Å². The lowest BCUT2D eigenvalue weighted by atomic mass is 10.1. The molecular formula is C17H16N4O5S. The topological polar surface area (TPSA) is 112 Å². The standard InChI is InChI=1S/C17H16N4O5S/c1-10(15-18-19-16(26-15)14-5-4-8-27-14)25-17(22)11-6-7-12(20(2)3)13(9-11)21(23)24/h4-10H,1-3H3/t10-/m0/s1. The fourth-order valence-corrected chi connectivity index (χ4v) is 3.00. The van der Waals surface area contributed by atoms with Crippen LogP contribution in [-0.2, 0) is 4.74 Å². The number of thiophene rings is 1. The molecule has 0 radical (unpaired) electrons. The van der Waals surface area contributed by atoms with E-state index in [1.807, 2.05) is 17.5 Å². The van der Waals surface area contributed by atoms with Crippen molar-refractivity contribution < 1.29 is 18.9 Å². The van der Waals surface area contributed by atoms with Crippen LogP contribution in [0.25, 0.3) is 10.8 Å². The average Bonchev–Trinajstić information content (AvgIpc) is 3.32. The van der Waals surface area contributed by atoms with Crippen molar-refractivity contribution in [3.8, 4) is 10.8 Å². The van der Waals surface area contributed by atoms with Crippen LogP contribution in [0.15, 0.2) is 40.1 Å². The fraction of sp³-hybridized carbons (Fsp3) is 0.235. The molecule has 0 unspecified atom stereocenters. The third-order valence-electron chi connectivity index (χ3n) is 3.69. The van der Waals surface area contributed by atoms with Gasteiger partial charge in [0.25, 0.3) is 17.5 Å². The van der Waals surface area contributed by atoms with Crippen LogP contribution in [0.2, 0.25) is 0 Å². The lowest BCUT2D eigenvalue weighted by molar-refractivity contribution is -0.384. The summed E-state index contributed by atoms with van der Waals surface area (Å²) in [7, 11) is 3.37. The molecule has 2 aromatic heterocycles. The Morgan fingerprint density at radius 1 is 1.33 bits per heavy atom. The monoisotopic (exact) mass is 388 g/mol. The summed E-state index contributed by atoms with van der Waals surface area (Å²) in [6.45, 7) is 1.59. The maximum atomic E-state index is 12.4. The number of aromatic nitrogens is 2. The first-order chi connectivity index (χ1) is 12.9. The highest BCUT2D eigenvalue weighted by molar-refractivity contribution is 7.13. The summed E-state index contributed by atoms with van der Waals surface area (Å²) in [6.07, 6.45) is -0.800. The third kappa shape index (κ3) is 3.95. The number of hydrogen-bond donors (Lipinski definition) is 0. The number of anilines is 1. The van der Waals surface area contributed by atoms with Crippen molar-refractivity contribution in [2.24, 2.45) is 0 Å². The van der Waals surface area contributed by atoms with E-state index < -0.39 is 17.0 Å². The molecule has 0 spiro atoms. The Hall–Kier alpha value is -3.27. The summed E-state index contributed by atoms with van der Waals surface area (Å²) < 4.78 is 10.9. The molecule has 2 heterocycles. The van der Waals surface area contributed by atoms with Crippen molar-refractivity contribution in [2.75, 3.05) is 19.0 Å². The molecule has 0 aliphatic heterocycles. The quantitative estimate of drug-likeness (QED) is 0.357. The number of nitro benzene ring substituents is 1. The first-order valence-electron chi connectivity index (χ1n) is 7.91. The third-order valence-corrected chi connectivity index (χ3v) is 4.55. The second-order valence-electron chi connectivity index (χ2n) is 5.83. The Morgan fingerprint density at radius 3 is 2.74 bits per heavy atom. The molecule has 0 saturated carbocycles. The SMILES string of the molecule is C[C@H](OC(=O)c1ccc(N(C)C)c([N+](=O)[O-])c1)c1nnc(-c2cccs2)o1. The Morgan fingerprint density at radius 2 is 2.11 bits per heavy atom. The van der Waals surface area contributed by atoms with Gasteiger partial charge in [0, 0.05) is 20.2 Å². The van der Waals surface area contributed by atoms with Crippen LogP contribution in [0.1, 0.15) is 29.3 Å². The number of esters is 1. The zero-order valence-corrected chi connectivity index (χ0v) is 15.6. The molecule has 3 aromatic rings. The van der Waals surface area contributed by atoms with Gasteiger partial charge in [0.1, 0.15) is 5.69 Å². The molecule has 0 amide bonds. The number of carbonyl (C=O) groups is 1. The minimum absolute atomic E-state index is 0.0668. The number of ether oxygens (including phenoxy) is 1. The first kappa shape index (κ1) is 18.5. The Bertz CT molecular complexity index is 968. The molecule has 10 heteroatoms. The van der Waals surface area contributed by atoms with Crippen molar-refractivity contribution in [3.63, 3.8) is 0 Å². The van der Waals surface area contributed by atoms with Crippen LogP contribution in [0, 0.1) is 10.1 Å². The molecule has 0 bridgehead atoms. The molecule has 3 rings (SSSR count). The van der Waals surface area contributed by atoms with E-state index in [0.29, 0.717) is 11.6 Å². The summed E-state index contributed by atoms with van der Waals surface area (Å²) in [5, 5.41) is 21.0. The average molecular weight is 388 g/mol. The zero-order valence-electron chi connectivity index (χ0n) is 14.8. The summed E-state index contributed by atoms with van der Waals surface area (Å²) in [6, 6.07) is 7.86. The van der Waals surface area contributed by atoms with Gasteiger partial charge < -0.3 is 14.1 Å². The predicted octanol–water partition coefficient (Wildman–Crippen LogP) is 3.69. The van der Waals surface area contributed by atoms with Crippen molar-refractivity contribution in [1.82, 2.24) is 10.2 Å². The molecule has 0 N–H and O–H groups in total. The van der Waals surface area contributed by atoms with Gasteiger partial charge in [0.15, 0.2) is 6.10 Å². The van der Waals surface area contributed by atoms with Gasteiger partial charge in [-0.25, -0.2) is 4.79 Å². The number of nitro groups is 1. The van der Waals surface area contributed by atoms with E-state index in [2.05, 4.69) is 10.2 Å². The van der Waals surface area contributed by atoms with Gasteiger partial charge in [-0.1, -0.05) is 6.07 Å². The number of nitrogens with zero attached hydrogens (tertiary/aromatic N) is 4. The smallest absolute Gasteiger partial charge is 0.339 e. The van der Waals surface area contributed by atoms with Gasteiger partial charge in [-0.15, -0.1) is 21.5 Å². The molecule has 0 saturated heterocycles. The lowest BCUT2D eigenvalue weighted by Gasteiger charge is -2.14. The van der Waals surface area contributed by atoms with Crippen molar-refractivity contribution in [2.45, 2.75) is 13.0 Å². The predicted molar refractivity (Wildman–Crippen MR) is 98.9 cm³/mol. The second kappa shape index (κ2) is 7.54. The van der Waals surface area contributed by atoms with E-state index in [0.717, 1.165) is 4.88 Å². The van der Waals surface area contributed by atoms with Crippen LogP contribution in [-0.4, -0.2) is 35.2 Å². The van der Waals surface area contributed by atoms with E-state index in [9.17, 15) is 14.9 Å². The minimum Gasteiger partial charge on any atom is -0.449 e. The lowest BCUT2D eigenvalue weighted by Crippen LogP contribution is -2.13. The van der Waals surface area contributed by atoms with E-state index in [1.54, 1.807) is 25.9 Å². The summed E-state index contributed by atoms with van der Waals surface area (Å²) in [5.41, 5.74) is 0.277. The molecule has 1 atom stereocenters. The van der Waals surface area contributed by atoms with Gasteiger partial charge in [0.05, 0.1) is 15.4 Å². The first-order valence-corrected chi connectivity index (χ1v) is 8.79. The molecule has 140 valence electrons. The fourth-order valence-electron chi connectivity index (χ4n) is 2.35. The van der Waals surface area contributed by atoms with Crippen LogP contribution in [0.4, 0.5) is 11.4 Å². The largest absolute Gasteiger partial charge is 0.449 e. The van der Waals surface area contributed by atoms with Crippen molar-refractivity contribution in [3.05, 3.63) is 57.3 Å². The normalized spacial score (nSPS) is 11.8. The number of carbonyl (C=O) groups excluding carboxylic acids is 1. The Balaban J connectivity index is 1.77. The Labute approximate surface area is 158 Å². The molecule has 0 aliphatic carbocycles. The summed E-state index contributed by atoms with van der Waals surface area (Å²) in [4.78, 5) is 25.5. The molecule has 0 fully saturated rings. The molecular weight excluding hydrogens is 372 g/mol. The maximum absolute atomic E-state index is 12.4. The maximum Gasteiger partial charge on any atom is 0.339 e. The highest BCUT2D eigenvalue weighted by Gasteiger charge is 2.23. The summed E-state index contributed by atoms with van der Waals surface area (Å²) in [5.74, 6) is -0.230. The van der Waals surface area contributed by atoms with Gasteiger partial charge in [-0.05, 0) is 30.5 Å². The van der Waals surface area contributed by atoms with Crippen LogP contribution in [0.3, 0.4) is 0 Å². The summed E-state index contributed by atoms with van der Waals surface area (Å²) >= 11 is 1.45. The number of hydrogen-bond acceptors (Lipinski definition) is 9. The minimum atomic E-state index is -0.800. The highest BCUT2D eigenvalue weighted by atomic mass is 32.1. The molecule has 1 aromatic carbocycles. The van der Waals surface area contributed by atoms with Crippen molar-refractivity contribution >= 4 is 28.7 Å². The zero-order chi connectivity index (χ0) is 19.6. The molecule has 0 aliphatic rings. The van der Waals surface area contributed by atoms with Crippen LogP contribution >= 0.6 is 11.3 Å². The molecule has 27 heavy (non-hydrogen) atoms.